The summed E-state index contributed by atoms with van der Waals surface area (Å²) < 4.78 is 14.7. The van der Waals surface area contributed by atoms with Crippen molar-refractivity contribution in [2.24, 2.45) is 5.92 Å². The summed E-state index contributed by atoms with van der Waals surface area (Å²) in [6.07, 6.45) is 2.27. The number of rotatable bonds is 3. The Morgan fingerprint density at radius 1 is 1.08 bits per heavy atom. The average molecular weight is 352 g/mol. The fraction of sp³-hybridized carbons (Fsp3) is 0.333. The van der Waals surface area contributed by atoms with Gasteiger partial charge < -0.3 is 4.98 Å². The molecular formula is C21H21FN2S. The molecule has 1 aromatic heterocycles. The van der Waals surface area contributed by atoms with E-state index >= 15 is 0 Å². The monoisotopic (exact) mass is 352 g/mol. The zero-order valence-electron chi connectivity index (χ0n) is 14.1. The van der Waals surface area contributed by atoms with E-state index in [1.54, 1.807) is 11.8 Å². The van der Waals surface area contributed by atoms with Crippen LogP contribution in [0, 0.1) is 5.92 Å². The van der Waals surface area contributed by atoms with Crippen molar-refractivity contribution >= 4 is 33.6 Å². The van der Waals surface area contributed by atoms with Gasteiger partial charge in [0, 0.05) is 33.2 Å². The van der Waals surface area contributed by atoms with Crippen LogP contribution in [0.2, 0.25) is 0 Å². The van der Waals surface area contributed by atoms with Gasteiger partial charge in [-0.1, -0.05) is 24.3 Å². The van der Waals surface area contributed by atoms with Gasteiger partial charge in [-0.3, -0.25) is 4.90 Å². The summed E-state index contributed by atoms with van der Waals surface area (Å²) >= 11 is 1.60. The number of piperidine rings is 3. The van der Waals surface area contributed by atoms with Crippen molar-refractivity contribution in [2.45, 2.75) is 17.7 Å². The van der Waals surface area contributed by atoms with Crippen LogP contribution in [0.5, 0.6) is 0 Å². The first-order chi connectivity index (χ1) is 12.3. The molecule has 128 valence electrons. The Balaban J connectivity index is 1.38. The van der Waals surface area contributed by atoms with Crippen molar-refractivity contribution in [3.05, 3.63) is 53.9 Å². The van der Waals surface area contributed by atoms with E-state index in [0.29, 0.717) is 11.7 Å². The fourth-order valence-electron chi connectivity index (χ4n) is 4.28. The van der Waals surface area contributed by atoms with Crippen LogP contribution >= 0.6 is 11.8 Å². The number of nitrogens with zero attached hydrogens (tertiary/aromatic N) is 1. The zero-order valence-corrected chi connectivity index (χ0v) is 14.9. The molecule has 3 aliphatic heterocycles. The number of H-pyrrole nitrogens is 1. The highest BCUT2D eigenvalue weighted by molar-refractivity contribution is 7.99. The number of benzene rings is 2. The number of thioether (sulfide) groups is 1. The molecule has 0 aliphatic carbocycles. The Hall–Kier alpha value is -1.78. The van der Waals surface area contributed by atoms with Crippen molar-refractivity contribution in [1.82, 2.24) is 9.88 Å². The second kappa shape index (κ2) is 6.19. The highest BCUT2D eigenvalue weighted by Gasteiger charge is 2.31. The van der Waals surface area contributed by atoms with E-state index in [0.717, 1.165) is 54.0 Å². The van der Waals surface area contributed by atoms with E-state index in [2.05, 4.69) is 46.3 Å². The summed E-state index contributed by atoms with van der Waals surface area (Å²) in [5, 5.41) is 2.48. The van der Waals surface area contributed by atoms with Crippen molar-refractivity contribution in [3.63, 3.8) is 0 Å². The maximum atomic E-state index is 14.7. The largest absolute Gasteiger partial charge is 0.354 e. The summed E-state index contributed by atoms with van der Waals surface area (Å²) in [6.45, 7) is 3.13. The zero-order chi connectivity index (χ0) is 16.8. The lowest BCUT2D eigenvalue weighted by atomic mass is 9.83. The van der Waals surface area contributed by atoms with Gasteiger partial charge in [0.1, 0.15) is 5.83 Å². The molecule has 3 aromatic rings. The second-order valence-electron chi connectivity index (χ2n) is 7.15. The third-order valence-electron chi connectivity index (χ3n) is 5.67. The minimum Gasteiger partial charge on any atom is -0.354 e. The molecule has 0 unspecified atom stereocenters. The van der Waals surface area contributed by atoms with Gasteiger partial charge in [-0.05, 0) is 55.6 Å². The lowest BCUT2D eigenvalue weighted by Crippen LogP contribution is -2.43. The Kier molecular flexibility index (Phi) is 3.83. The number of halogens is 1. The first-order valence-corrected chi connectivity index (χ1v) is 9.99. The van der Waals surface area contributed by atoms with Crippen LogP contribution in [-0.4, -0.2) is 35.3 Å². The quantitative estimate of drug-likeness (QED) is 0.640. The van der Waals surface area contributed by atoms with Crippen LogP contribution in [0.15, 0.2) is 58.8 Å². The minimum atomic E-state index is 0.108. The normalized spacial score (nSPS) is 25.0. The highest BCUT2D eigenvalue weighted by Crippen LogP contribution is 2.36. The third kappa shape index (κ3) is 2.77. The summed E-state index contributed by atoms with van der Waals surface area (Å²) in [6, 6.07) is 14.8. The third-order valence-corrected chi connectivity index (χ3v) is 6.65. The van der Waals surface area contributed by atoms with Gasteiger partial charge in [0.15, 0.2) is 0 Å². The second-order valence-corrected chi connectivity index (χ2v) is 8.20. The molecule has 25 heavy (non-hydrogen) atoms. The number of para-hydroxylation sites is 1. The van der Waals surface area contributed by atoms with E-state index < -0.39 is 0 Å². The Morgan fingerprint density at radius 3 is 2.68 bits per heavy atom. The molecule has 4 heteroatoms. The molecule has 0 atom stereocenters. The number of aromatic nitrogens is 1. The van der Waals surface area contributed by atoms with Gasteiger partial charge >= 0.3 is 0 Å². The van der Waals surface area contributed by atoms with Gasteiger partial charge in [0.05, 0.1) is 5.75 Å². The SMILES string of the molecule is FC(CSc1ccc2c(c1)[nH]c1ccccc12)=C1CN2CCC1CC2. The highest BCUT2D eigenvalue weighted by atomic mass is 32.2. The minimum absolute atomic E-state index is 0.108. The van der Waals surface area contributed by atoms with Crippen LogP contribution in [-0.2, 0) is 0 Å². The molecule has 3 fully saturated rings. The van der Waals surface area contributed by atoms with Crippen molar-refractivity contribution in [1.29, 1.82) is 0 Å². The van der Waals surface area contributed by atoms with Gasteiger partial charge in [0.25, 0.3) is 0 Å². The van der Waals surface area contributed by atoms with Crippen LogP contribution in [0.3, 0.4) is 0 Å². The molecule has 3 saturated heterocycles. The Labute approximate surface area is 151 Å². The van der Waals surface area contributed by atoms with Crippen LogP contribution in [0.25, 0.3) is 21.8 Å². The van der Waals surface area contributed by atoms with Crippen molar-refractivity contribution in [2.75, 3.05) is 25.4 Å². The molecule has 0 spiro atoms. The van der Waals surface area contributed by atoms with Crippen molar-refractivity contribution in [3.8, 4) is 0 Å². The fourth-order valence-corrected chi connectivity index (χ4v) is 5.12. The molecule has 0 saturated carbocycles. The maximum absolute atomic E-state index is 14.7. The summed E-state index contributed by atoms with van der Waals surface area (Å²) in [5.41, 5.74) is 3.35. The number of hydrogen-bond acceptors (Lipinski definition) is 2. The van der Waals surface area contributed by atoms with E-state index in [4.69, 9.17) is 0 Å². The topological polar surface area (TPSA) is 19.0 Å². The van der Waals surface area contributed by atoms with E-state index in [1.165, 1.54) is 10.8 Å². The summed E-state index contributed by atoms with van der Waals surface area (Å²) in [7, 11) is 0. The first kappa shape index (κ1) is 15.5. The molecule has 2 nitrogen and oxygen atoms in total. The van der Waals surface area contributed by atoms with Gasteiger partial charge in [0.2, 0.25) is 0 Å². The van der Waals surface area contributed by atoms with Gasteiger partial charge in [-0.2, -0.15) is 0 Å². The number of nitrogens with one attached hydrogen (secondary N) is 1. The number of aromatic amines is 1. The number of fused-ring (bicyclic) bond motifs is 6. The maximum Gasteiger partial charge on any atom is 0.111 e. The van der Waals surface area contributed by atoms with Gasteiger partial charge in [-0.25, -0.2) is 4.39 Å². The molecule has 1 N–H and O–H groups in total. The van der Waals surface area contributed by atoms with E-state index in [9.17, 15) is 4.39 Å². The molecule has 4 heterocycles. The summed E-state index contributed by atoms with van der Waals surface area (Å²) in [4.78, 5) is 6.97. The van der Waals surface area contributed by atoms with Crippen molar-refractivity contribution < 1.29 is 4.39 Å². The van der Waals surface area contributed by atoms with Crippen LogP contribution in [0.1, 0.15) is 12.8 Å². The predicted molar refractivity (Wildman–Crippen MR) is 104 cm³/mol. The lowest BCUT2D eigenvalue weighted by Gasteiger charge is -2.41. The molecule has 2 aromatic carbocycles. The van der Waals surface area contributed by atoms with Gasteiger partial charge in [-0.15, -0.1) is 11.8 Å². The predicted octanol–water partition coefficient (Wildman–Crippen LogP) is 5.36. The Morgan fingerprint density at radius 2 is 1.88 bits per heavy atom. The molecule has 2 bridgehead atoms. The van der Waals surface area contributed by atoms with Crippen LogP contribution in [0.4, 0.5) is 4.39 Å². The van der Waals surface area contributed by atoms with E-state index in [-0.39, 0.29) is 5.83 Å². The number of hydrogen-bond donors (Lipinski definition) is 1. The molecule has 0 amide bonds. The summed E-state index contributed by atoms with van der Waals surface area (Å²) in [5.74, 6) is 1.05. The lowest BCUT2D eigenvalue weighted by molar-refractivity contribution is 0.157. The smallest absolute Gasteiger partial charge is 0.111 e. The standard InChI is InChI=1S/C21H21FN2S/c22-19(18-12-24-9-7-14(18)8-10-24)13-25-15-5-6-17-16-3-1-2-4-20(16)23-21(17)11-15/h1-6,11,14,23H,7-10,12-13H2. The molecular weight excluding hydrogens is 331 g/mol. The van der Waals surface area contributed by atoms with E-state index in [1.807, 2.05) is 6.07 Å². The molecule has 0 radical (unpaired) electrons. The Bertz CT molecular complexity index is 966. The first-order valence-electron chi connectivity index (χ1n) is 9.01. The molecule has 6 rings (SSSR count). The molecule has 3 aliphatic rings. The average Bonchev–Trinajstić information content (AvgIpc) is 3.04. The van der Waals surface area contributed by atoms with Crippen LogP contribution < -0.4 is 0 Å².